The van der Waals surface area contributed by atoms with Gasteiger partial charge in [0.1, 0.15) is 5.60 Å². The molecule has 0 radical (unpaired) electrons. The van der Waals surface area contributed by atoms with Crippen LogP contribution in [0.2, 0.25) is 0 Å². The summed E-state index contributed by atoms with van der Waals surface area (Å²) in [7, 11) is 0. The zero-order valence-electron chi connectivity index (χ0n) is 25.3. The van der Waals surface area contributed by atoms with Crippen molar-refractivity contribution in [3.63, 3.8) is 0 Å². The second-order valence-electron chi connectivity index (χ2n) is 12.2. The third kappa shape index (κ3) is 7.78. The van der Waals surface area contributed by atoms with Crippen LogP contribution in [0.25, 0.3) is 11.1 Å². The van der Waals surface area contributed by atoms with Crippen LogP contribution in [0, 0.1) is 0 Å². The van der Waals surface area contributed by atoms with Crippen LogP contribution < -0.4 is 10.2 Å². The Morgan fingerprint density at radius 3 is 2.41 bits per heavy atom. The first kappa shape index (κ1) is 30.4. The quantitative estimate of drug-likeness (QED) is 0.549. The first-order chi connectivity index (χ1) is 19.3. The van der Waals surface area contributed by atoms with Crippen molar-refractivity contribution in [1.29, 1.82) is 0 Å². The molecular weight excluding hydrogens is 524 g/mol. The van der Waals surface area contributed by atoms with Gasteiger partial charge < -0.3 is 24.6 Å². The van der Waals surface area contributed by atoms with E-state index >= 15 is 0 Å². The number of benzene rings is 1. The summed E-state index contributed by atoms with van der Waals surface area (Å²) < 4.78 is 12.8. The monoisotopic (exact) mass is 568 g/mol. The van der Waals surface area contributed by atoms with Gasteiger partial charge in [0, 0.05) is 63.1 Å². The molecular formula is C30H44N6O5. The number of nitrogens with zero attached hydrogens (tertiary/aromatic N) is 5. The number of nitrogens with one attached hydrogen (secondary N) is 1. The van der Waals surface area contributed by atoms with Crippen molar-refractivity contribution < 1.29 is 23.9 Å². The van der Waals surface area contributed by atoms with Gasteiger partial charge in [-0.15, -0.1) is 0 Å². The summed E-state index contributed by atoms with van der Waals surface area (Å²) in [5, 5.41) is 7.58. The Balaban J connectivity index is 1.42. The standard InChI is InChI=1S/C30H44N6O5/c1-20(2)40-28(38)32-26-16-21(3)36(22(4)37)27-9-8-23(17-25(26)27)24-18-31-35(19-24)15-12-33-10-13-34(14-11-33)29(39)41-30(5,6)7/h8-9,17-21,26H,10-16H2,1-7H3,(H,32,38)/t21-,26+/m0/s1. The van der Waals surface area contributed by atoms with E-state index in [1.807, 2.05) is 76.8 Å². The number of hydrogen-bond donors (Lipinski definition) is 1. The van der Waals surface area contributed by atoms with E-state index in [0.29, 0.717) is 19.5 Å². The van der Waals surface area contributed by atoms with Gasteiger partial charge in [-0.3, -0.25) is 14.4 Å². The smallest absolute Gasteiger partial charge is 0.410 e. The molecule has 2 atom stereocenters. The summed E-state index contributed by atoms with van der Waals surface area (Å²) in [6, 6.07) is 5.63. The van der Waals surface area contributed by atoms with Gasteiger partial charge in [0.2, 0.25) is 5.91 Å². The summed E-state index contributed by atoms with van der Waals surface area (Å²) in [6.07, 6.45) is 3.49. The lowest BCUT2D eigenvalue weighted by Crippen LogP contribution is -2.50. The molecule has 1 fully saturated rings. The number of rotatable bonds is 6. The van der Waals surface area contributed by atoms with Gasteiger partial charge in [-0.25, -0.2) is 9.59 Å². The maximum absolute atomic E-state index is 12.5. The minimum Gasteiger partial charge on any atom is -0.447 e. The minimum absolute atomic E-state index is 0.0329. The van der Waals surface area contributed by atoms with Crippen LogP contribution in [-0.2, 0) is 20.8 Å². The normalized spacial score (nSPS) is 19.6. The number of anilines is 1. The van der Waals surface area contributed by atoms with Crippen LogP contribution in [0.15, 0.2) is 30.6 Å². The van der Waals surface area contributed by atoms with E-state index in [1.54, 1.807) is 16.7 Å². The van der Waals surface area contributed by atoms with Crippen molar-refractivity contribution in [3.05, 3.63) is 36.2 Å². The number of ether oxygens (including phenoxy) is 2. The van der Waals surface area contributed by atoms with E-state index in [4.69, 9.17) is 9.47 Å². The lowest BCUT2D eigenvalue weighted by molar-refractivity contribution is -0.117. The number of amides is 3. The molecule has 2 aliphatic rings. The molecule has 0 aliphatic carbocycles. The zero-order chi connectivity index (χ0) is 29.9. The number of piperazine rings is 1. The molecule has 2 aromatic rings. The van der Waals surface area contributed by atoms with E-state index in [2.05, 4.69) is 15.3 Å². The molecule has 3 heterocycles. The molecule has 1 aromatic heterocycles. The molecule has 41 heavy (non-hydrogen) atoms. The van der Waals surface area contributed by atoms with Gasteiger partial charge in [-0.2, -0.15) is 5.10 Å². The van der Waals surface area contributed by atoms with Gasteiger partial charge in [-0.05, 0) is 71.2 Å². The summed E-state index contributed by atoms with van der Waals surface area (Å²) in [4.78, 5) is 43.2. The van der Waals surface area contributed by atoms with Crippen molar-refractivity contribution in [1.82, 2.24) is 24.9 Å². The Hall–Kier alpha value is -3.60. The molecule has 1 saturated heterocycles. The summed E-state index contributed by atoms with van der Waals surface area (Å²) in [5.74, 6) is -0.0329. The lowest BCUT2D eigenvalue weighted by atomic mass is 9.89. The Morgan fingerprint density at radius 1 is 1.07 bits per heavy atom. The van der Waals surface area contributed by atoms with Crippen LogP contribution in [0.3, 0.4) is 0 Å². The van der Waals surface area contributed by atoms with Gasteiger partial charge in [-0.1, -0.05) is 6.07 Å². The highest BCUT2D eigenvalue weighted by molar-refractivity contribution is 5.94. The SMILES string of the molecule is CC(=O)N1c2ccc(-c3cnn(CCN4CCN(C(=O)OC(C)(C)C)CC4)c3)cc2[C@H](NC(=O)OC(C)C)C[C@@H]1C. The third-order valence-corrected chi connectivity index (χ3v) is 7.29. The largest absolute Gasteiger partial charge is 0.447 e. The molecule has 1 N–H and O–H groups in total. The number of fused-ring (bicyclic) bond motifs is 1. The third-order valence-electron chi connectivity index (χ3n) is 7.29. The van der Waals surface area contributed by atoms with E-state index in [9.17, 15) is 14.4 Å². The molecule has 1 aromatic carbocycles. The molecule has 0 bridgehead atoms. The Kier molecular flexibility index (Phi) is 9.26. The average Bonchev–Trinajstić information content (AvgIpc) is 3.35. The molecule has 4 rings (SSSR count). The van der Waals surface area contributed by atoms with E-state index in [0.717, 1.165) is 48.6 Å². The molecule has 0 unspecified atom stereocenters. The molecule has 3 amide bonds. The van der Waals surface area contributed by atoms with Crippen LogP contribution >= 0.6 is 0 Å². The molecule has 0 spiro atoms. The minimum atomic E-state index is -0.494. The summed E-state index contributed by atoms with van der Waals surface area (Å²) >= 11 is 0. The first-order valence-electron chi connectivity index (χ1n) is 14.4. The molecule has 11 heteroatoms. The van der Waals surface area contributed by atoms with Crippen molar-refractivity contribution in [2.45, 2.75) is 85.2 Å². The van der Waals surface area contributed by atoms with Crippen LogP contribution in [0.1, 0.15) is 66.5 Å². The predicted molar refractivity (Wildman–Crippen MR) is 157 cm³/mol. The second-order valence-corrected chi connectivity index (χ2v) is 12.2. The fraction of sp³-hybridized carbons (Fsp3) is 0.600. The molecule has 0 saturated carbocycles. The predicted octanol–water partition coefficient (Wildman–Crippen LogP) is 4.42. The molecule has 11 nitrogen and oxygen atoms in total. The number of alkyl carbamates (subject to hydrolysis) is 1. The van der Waals surface area contributed by atoms with Gasteiger partial charge in [0.05, 0.1) is 24.9 Å². The van der Waals surface area contributed by atoms with E-state index in [-0.39, 0.29) is 30.2 Å². The first-order valence-corrected chi connectivity index (χ1v) is 14.4. The van der Waals surface area contributed by atoms with Crippen LogP contribution in [0.4, 0.5) is 15.3 Å². The summed E-state index contributed by atoms with van der Waals surface area (Å²) in [5.41, 5.74) is 3.11. The van der Waals surface area contributed by atoms with Crippen molar-refractivity contribution >= 4 is 23.8 Å². The number of carbonyl (C=O) groups is 3. The highest BCUT2D eigenvalue weighted by Crippen LogP contribution is 2.39. The molecule has 2 aliphatic heterocycles. The highest BCUT2D eigenvalue weighted by Gasteiger charge is 2.34. The number of aromatic nitrogens is 2. The number of carbonyl (C=O) groups excluding carboxylic acids is 3. The van der Waals surface area contributed by atoms with Crippen LogP contribution in [0.5, 0.6) is 0 Å². The van der Waals surface area contributed by atoms with Crippen molar-refractivity contribution in [2.24, 2.45) is 0 Å². The van der Waals surface area contributed by atoms with Crippen molar-refractivity contribution in [2.75, 3.05) is 37.6 Å². The van der Waals surface area contributed by atoms with Crippen LogP contribution in [-0.4, -0.2) is 88.1 Å². The van der Waals surface area contributed by atoms with Gasteiger partial charge >= 0.3 is 12.2 Å². The zero-order valence-corrected chi connectivity index (χ0v) is 25.3. The lowest BCUT2D eigenvalue weighted by Gasteiger charge is -2.39. The van der Waals surface area contributed by atoms with Gasteiger partial charge in [0.15, 0.2) is 0 Å². The number of hydrogen-bond acceptors (Lipinski definition) is 7. The highest BCUT2D eigenvalue weighted by atomic mass is 16.6. The van der Waals surface area contributed by atoms with E-state index < -0.39 is 11.7 Å². The maximum atomic E-state index is 12.5. The van der Waals surface area contributed by atoms with Crippen molar-refractivity contribution in [3.8, 4) is 11.1 Å². The van der Waals surface area contributed by atoms with E-state index in [1.165, 1.54) is 0 Å². The molecule has 224 valence electrons. The fourth-order valence-corrected chi connectivity index (χ4v) is 5.41. The maximum Gasteiger partial charge on any atom is 0.410 e. The Bertz CT molecular complexity index is 1240. The Labute approximate surface area is 242 Å². The summed E-state index contributed by atoms with van der Waals surface area (Å²) in [6.45, 7) is 17.2. The Morgan fingerprint density at radius 2 is 1.78 bits per heavy atom. The second kappa shape index (κ2) is 12.5. The fourth-order valence-electron chi connectivity index (χ4n) is 5.41. The topological polar surface area (TPSA) is 109 Å². The van der Waals surface area contributed by atoms with Gasteiger partial charge in [0.25, 0.3) is 0 Å². The average molecular weight is 569 g/mol.